The molecule has 0 saturated heterocycles. The predicted octanol–water partition coefficient (Wildman–Crippen LogP) is 1.17. The molecule has 5 heteroatoms. The third kappa shape index (κ3) is 5.36. The molecule has 5 nitrogen and oxygen atoms in total. The van der Waals surface area contributed by atoms with Gasteiger partial charge in [-0.15, -0.1) is 0 Å². The molecule has 0 heterocycles. The average Bonchev–Trinajstić information content (AvgIpc) is 2.41. The molecule has 0 amide bonds. The third-order valence-corrected chi connectivity index (χ3v) is 1.93. The lowest BCUT2D eigenvalue weighted by Crippen LogP contribution is -2.10. The number of hydrogen-bond donors (Lipinski definition) is 1. The van der Waals surface area contributed by atoms with E-state index in [1.54, 1.807) is 24.3 Å². The summed E-state index contributed by atoms with van der Waals surface area (Å²) in [7, 11) is 0. The smallest absolute Gasteiger partial charge is 0.330 e. The highest BCUT2D eigenvalue weighted by molar-refractivity contribution is 5.81. The average molecular weight is 252 g/mol. The molecule has 0 radical (unpaired) electrons. The van der Waals surface area contributed by atoms with Gasteiger partial charge in [0.2, 0.25) is 0 Å². The van der Waals surface area contributed by atoms with E-state index in [9.17, 15) is 4.79 Å². The van der Waals surface area contributed by atoms with Crippen molar-refractivity contribution in [1.29, 1.82) is 0 Å². The number of carbonyl (C=O) groups is 1. The van der Waals surface area contributed by atoms with E-state index in [1.165, 1.54) is 0 Å². The molecular weight excluding hydrogens is 236 g/mol. The zero-order chi connectivity index (χ0) is 13.2. The maximum atomic E-state index is 10.8. The quantitative estimate of drug-likeness (QED) is 0.427. The van der Waals surface area contributed by atoms with Crippen molar-refractivity contribution in [1.82, 2.24) is 0 Å². The zero-order valence-electron chi connectivity index (χ0n) is 10.0. The van der Waals surface area contributed by atoms with Crippen molar-refractivity contribution in [2.24, 2.45) is 0 Å². The topological polar surface area (TPSA) is 65.0 Å². The van der Waals surface area contributed by atoms with Gasteiger partial charge in [0.1, 0.15) is 31.3 Å². The summed E-state index contributed by atoms with van der Waals surface area (Å²) in [4.78, 5) is 10.8. The molecule has 0 saturated carbocycles. The van der Waals surface area contributed by atoms with Crippen LogP contribution in [0.15, 0.2) is 36.9 Å². The van der Waals surface area contributed by atoms with Gasteiger partial charge in [0.15, 0.2) is 0 Å². The van der Waals surface area contributed by atoms with Crippen molar-refractivity contribution in [2.45, 2.75) is 0 Å². The van der Waals surface area contributed by atoms with Gasteiger partial charge in [0.25, 0.3) is 0 Å². The first-order valence-corrected chi connectivity index (χ1v) is 5.52. The Labute approximate surface area is 106 Å². The van der Waals surface area contributed by atoms with Gasteiger partial charge in [-0.25, -0.2) is 4.79 Å². The fraction of sp³-hybridized carbons (Fsp3) is 0.308. The Morgan fingerprint density at radius 2 is 1.89 bits per heavy atom. The molecule has 1 rings (SSSR count). The van der Waals surface area contributed by atoms with Crippen LogP contribution in [0.2, 0.25) is 0 Å². The van der Waals surface area contributed by atoms with Crippen LogP contribution in [-0.2, 0) is 9.53 Å². The molecular formula is C13H16O5. The Hall–Kier alpha value is -2.01. The van der Waals surface area contributed by atoms with Crippen LogP contribution in [-0.4, -0.2) is 37.5 Å². The summed E-state index contributed by atoms with van der Waals surface area (Å²) < 4.78 is 15.4. The molecule has 1 aromatic rings. The molecule has 0 atom stereocenters. The largest absolute Gasteiger partial charge is 0.491 e. The Balaban J connectivity index is 2.33. The van der Waals surface area contributed by atoms with E-state index in [0.717, 1.165) is 6.08 Å². The number of rotatable bonds is 8. The van der Waals surface area contributed by atoms with Gasteiger partial charge in [-0.3, -0.25) is 0 Å². The summed E-state index contributed by atoms with van der Waals surface area (Å²) in [6, 6.07) is 7.00. The van der Waals surface area contributed by atoms with Gasteiger partial charge in [0, 0.05) is 12.1 Å². The standard InChI is InChI=1S/C13H16O5/c1-2-13(15)18-9-8-17-12-5-3-4-11(10-12)16-7-6-14/h2-5,10,14H,1,6-9H2. The van der Waals surface area contributed by atoms with Crippen LogP contribution >= 0.6 is 0 Å². The summed E-state index contributed by atoms with van der Waals surface area (Å²) in [5.41, 5.74) is 0. The minimum Gasteiger partial charge on any atom is -0.491 e. The number of aliphatic hydroxyl groups excluding tert-OH is 1. The second kappa shape index (κ2) is 8.14. The molecule has 1 aromatic carbocycles. The van der Waals surface area contributed by atoms with Gasteiger partial charge >= 0.3 is 5.97 Å². The molecule has 0 unspecified atom stereocenters. The van der Waals surface area contributed by atoms with Crippen LogP contribution in [0, 0.1) is 0 Å². The van der Waals surface area contributed by atoms with Crippen LogP contribution in [0.25, 0.3) is 0 Å². The number of benzene rings is 1. The second-order valence-electron chi connectivity index (χ2n) is 3.27. The van der Waals surface area contributed by atoms with Crippen molar-refractivity contribution in [2.75, 3.05) is 26.4 Å². The molecule has 0 spiro atoms. The van der Waals surface area contributed by atoms with E-state index in [1.807, 2.05) is 0 Å². The lowest BCUT2D eigenvalue weighted by atomic mass is 10.3. The Morgan fingerprint density at radius 1 is 1.22 bits per heavy atom. The summed E-state index contributed by atoms with van der Waals surface area (Å²) >= 11 is 0. The first kappa shape index (κ1) is 14.1. The number of esters is 1. The van der Waals surface area contributed by atoms with E-state index in [2.05, 4.69) is 6.58 Å². The van der Waals surface area contributed by atoms with Gasteiger partial charge in [0.05, 0.1) is 6.61 Å². The first-order chi connectivity index (χ1) is 8.76. The number of carbonyl (C=O) groups excluding carboxylic acids is 1. The monoisotopic (exact) mass is 252 g/mol. The van der Waals surface area contributed by atoms with E-state index in [-0.39, 0.29) is 26.4 Å². The van der Waals surface area contributed by atoms with Gasteiger partial charge < -0.3 is 19.3 Å². The maximum Gasteiger partial charge on any atom is 0.330 e. The van der Waals surface area contributed by atoms with Crippen molar-refractivity contribution in [3.63, 3.8) is 0 Å². The Morgan fingerprint density at radius 3 is 2.50 bits per heavy atom. The van der Waals surface area contributed by atoms with Crippen molar-refractivity contribution < 1.29 is 24.1 Å². The number of aliphatic hydroxyl groups is 1. The highest BCUT2D eigenvalue weighted by Gasteiger charge is 1.99. The number of hydrogen-bond acceptors (Lipinski definition) is 5. The SMILES string of the molecule is C=CC(=O)OCCOc1cccc(OCCO)c1. The minimum absolute atomic E-state index is 0.0391. The van der Waals surface area contributed by atoms with Crippen LogP contribution in [0.1, 0.15) is 0 Å². The zero-order valence-corrected chi connectivity index (χ0v) is 10.0. The minimum atomic E-state index is -0.473. The van der Waals surface area contributed by atoms with Crippen LogP contribution in [0.5, 0.6) is 11.5 Å². The van der Waals surface area contributed by atoms with Crippen molar-refractivity contribution in [3.05, 3.63) is 36.9 Å². The molecule has 0 aliphatic heterocycles. The maximum absolute atomic E-state index is 10.8. The highest BCUT2D eigenvalue weighted by atomic mass is 16.6. The number of ether oxygens (including phenoxy) is 3. The Kier molecular flexibility index (Phi) is 6.35. The van der Waals surface area contributed by atoms with Crippen LogP contribution < -0.4 is 9.47 Å². The van der Waals surface area contributed by atoms with E-state index in [4.69, 9.17) is 19.3 Å². The van der Waals surface area contributed by atoms with Crippen LogP contribution in [0.4, 0.5) is 0 Å². The fourth-order valence-electron chi connectivity index (χ4n) is 1.18. The molecule has 1 N–H and O–H groups in total. The fourth-order valence-corrected chi connectivity index (χ4v) is 1.18. The van der Waals surface area contributed by atoms with Gasteiger partial charge in [-0.1, -0.05) is 12.6 Å². The summed E-state index contributed by atoms with van der Waals surface area (Å²) in [5.74, 6) is 0.753. The van der Waals surface area contributed by atoms with E-state index in [0.29, 0.717) is 11.5 Å². The van der Waals surface area contributed by atoms with Gasteiger partial charge in [-0.2, -0.15) is 0 Å². The highest BCUT2D eigenvalue weighted by Crippen LogP contribution is 2.19. The Bertz CT molecular complexity index is 389. The van der Waals surface area contributed by atoms with Gasteiger partial charge in [-0.05, 0) is 12.1 Å². The summed E-state index contributed by atoms with van der Waals surface area (Å²) in [5, 5.41) is 8.63. The lowest BCUT2D eigenvalue weighted by molar-refractivity contribution is -0.138. The molecule has 0 aliphatic carbocycles. The first-order valence-electron chi connectivity index (χ1n) is 5.52. The van der Waals surface area contributed by atoms with Crippen molar-refractivity contribution >= 4 is 5.97 Å². The van der Waals surface area contributed by atoms with Crippen LogP contribution in [0.3, 0.4) is 0 Å². The molecule has 98 valence electrons. The molecule has 0 aliphatic rings. The molecule has 0 aromatic heterocycles. The molecule has 0 fully saturated rings. The summed E-state index contributed by atoms with van der Waals surface area (Å²) in [6.45, 7) is 3.90. The molecule has 18 heavy (non-hydrogen) atoms. The molecule has 0 bridgehead atoms. The third-order valence-electron chi connectivity index (χ3n) is 1.93. The normalized spacial score (nSPS) is 9.61. The van der Waals surface area contributed by atoms with E-state index >= 15 is 0 Å². The summed E-state index contributed by atoms with van der Waals surface area (Å²) in [6.07, 6.45) is 1.10. The van der Waals surface area contributed by atoms with E-state index < -0.39 is 5.97 Å². The second-order valence-corrected chi connectivity index (χ2v) is 3.27. The van der Waals surface area contributed by atoms with Crippen molar-refractivity contribution in [3.8, 4) is 11.5 Å². The lowest BCUT2D eigenvalue weighted by Gasteiger charge is -2.08. The predicted molar refractivity (Wildman–Crippen MR) is 65.7 cm³/mol.